The quantitative estimate of drug-likeness (QED) is 0.661. The first-order chi connectivity index (χ1) is 6.18. The molecule has 0 amide bonds. The molecular formula is C9H12N4. The van der Waals surface area contributed by atoms with E-state index in [4.69, 9.17) is 0 Å². The normalized spacial score (nSPS) is 11.4. The molecule has 4 heteroatoms. The number of aromatic nitrogens is 4. The molecule has 4 nitrogen and oxygen atoms in total. The first-order valence-corrected chi connectivity index (χ1v) is 4.32. The van der Waals surface area contributed by atoms with Gasteiger partial charge in [0.25, 0.3) is 0 Å². The predicted molar refractivity (Wildman–Crippen MR) is 50.4 cm³/mol. The Morgan fingerprint density at radius 1 is 1.31 bits per heavy atom. The van der Waals surface area contributed by atoms with E-state index in [-0.39, 0.29) is 0 Å². The molecule has 13 heavy (non-hydrogen) atoms. The van der Waals surface area contributed by atoms with Gasteiger partial charge in [0.15, 0.2) is 0 Å². The third kappa shape index (κ3) is 1.28. The summed E-state index contributed by atoms with van der Waals surface area (Å²) >= 11 is 0. The van der Waals surface area contributed by atoms with Gasteiger partial charge in [0, 0.05) is 7.05 Å². The SMILES string of the molecule is CC(C)c1ncnc2cn(C)nc12. The van der Waals surface area contributed by atoms with Gasteiger partial charge in [-0.2, -0.15) is 5.10 Å². The van der Waals surface area contributed by atoms with Crippen molar-refractivity contribution in [3.8, 4) is 0 Å². The Kier molecular flexibility index (Phi) is 1.76. The first kappa shape index (κ1) is 8.16. The second-order valence-electron chi connectivity index (χ2n) is 3.45. The Bertz CT molecular complexity index is 430. The van der Waals surface area contributed by atoms with E-state index < -0.39 is 0 Å². The molecule has 0 aliphatic carbocycles. The van der Waals surface area contributed by atoms with Crippen molar-refractivity contribution in [3.05, 3.63) is 18.2 Å². The molecule has 0 N–H and O–H groups in total. The molecule has 68 valence electrons. The van der Waals surface area contributed by atoms with Gasteiger partial charge in [-0.3, -0.25) is 4.68 Å². The minimum atomic E-state index is 0.389. The van der Waals surface area contributed by atoms with Crippen LogP contribution < -0.4 is 0 Å². The fraction of sp³-hybridized carbons (Fsp3) is 0.444. The second kappa shape index (κ2) is 2.80. The molecule has 0 spiro atoms. The maximum Gasteiger partial charge on any atom is 0.133 e. The van der Waals surface area contributed by atoms with Crippen molar-refractivity contribution in [2.75, 3.05) is 0 Å². The molecule has 2 aromatic heterocycles. The van der Waals surface area contributed by atoms with Crippen molar-refractivity contribution in [1.29, 1.82) is 0 Å². The van der Waals surface area contributed by atoms with Crippen LogP contribution in [0.15, 0.2) is 12.5 Å². The standard InChI is InChI=1S/C9H12N4/c1-6(2)8-9-7(10-5-11-8)4-13(3)12-9/h4-6H,1-3H3. The molecule has 2 rings (SSSR count). The van der Waals surface area contributed by atoms with Gasteiger partial charge >= 0.3 is 0 Å². The van der Waals surface area contributed by atoms with Gasteiger partial charge in [0.05, 0.1) is 11.9 Å². The lowest BCUT2D eigenvalue weighted by atomic mass is 10.1. The smallest absolute Gasteiger partial charge is 0.133 e. The number of hydrogen-bond acceptors (Lipinski definition) is 3. The Morgan fingerprint density at radius 3 is 2.77 bits per heavy atom. The second-order valence-corrected chi connectivity index (χ2v) is 3.45. The Labute approximate surface area is 76.6 Å². The van der Waals surface area contributed by atoms with Crippen LogP contribution in [0.25, 0.3) is 11.0 Å². The zero-order chi connectivity index (χ0) is 9.42. The van der Waals surface area contributed by atoms with E-state index in [2.05, 4.69) is 28.9 Å². The van der Waals surface area contributed by atoms with E-state index in [1.165, 1.54) is 0 Å². The van der Waals surface area contributed by atoms with E-state index in [1.54, 1.807) is 11.0 Å². The van der Waals surface area contributed by atoms with Gasteiger partial charge in [-0.15, -0.1) is 0 Å². The van der Waals surface area contributed by atoms with Gasteiger partial charge in [0.1, 0.15) is 17.4 Å². The third-order valence-corrected chi connectivity index (χ3v) is 1.99. The summed E-state index contributed by atoms with van der Waals surface area (Å²) in [5, 5.41) is 4.33. The van der Waals surface area contributed by atoms with Crippen LogP contribution in [0.2, 0.25) is 0 Å². The molecule has 0 unspecified atom stereocenters. The summed E-state index contributed by atoms with van der Waals surface area (Å²) in [6.45, 7) is 4.22. The summed E-state index contributed by atoms with van der Waals surface area (Å²) in [7, 11) is 1.89. The molecule has 0 bridgehead atoms. The molecular weight excluding hydrogens is 164 g/mol. The average molecular weight is 176 g/mol. The van der Waals surface area contributed by atoms with Crippen molar-refractivity contribution in [2.45, 2.75) is 19.8 Å². The Balaban J connectivity index is 2.75. The highest BCUT2D eigenvalue weighted by atomic mass is 15.3. The van der Waals surface area contributed by atoms with E-state index in [0.29, 0.717) is 5.92 Å². The van der Waals surface area contributed by atoms with E-state index >= 15 is 0 Å². The molecule has 2 heterocycles. The molecule has 0 radical (unpaired) electrons. The lowest BCUT2D eigenvalue weighted by Gasteiger charge is -2.02. The predicted octanol–water partition coefficient (Wildman–Crippen LogP) is 1.49. The zero-order valence-corrected chi connectivity index (χ0v) is 8.02. The number of rotatable bonds is 1. The minimum absolute atomic E-state index is 0.389. The minimum Gasteiger partial charge on any atom is -0.273 e. The topological polar surface area (TPSA) is 43.6 Å². The van der Waals surface area contributed by atoms with Gasteiger partial charge in [-0.25, -0.2) is 9.97 Å². The summed E-state index contributed by atoms with van der Waals surface area (Å²) < 4.78 is 1.77. The molecule has 0 aliphatic rings. The average Bonchev–Trinajstić information content (AvgIpc) is 2.43. The molecule has 0 aliphatic heterocycles. The van der Waals surface area contributed by atoms with Crippen LogP contribution >= 0.6 is 0 Å². The lowest BCUT2D eigenvalue weighted by molar-refractivity contribution is 0.768. The van der Waals surface area contributed by atoms with E-state index in [0.717, 1.165) is 16.7 Å². The van der Waals surface area contributed by atoms with Crippen LogP contribution in [-0.4, -0.2) is 19.7 Å². The zero-order valence-electron chi connectivity index (χ0n) is 8.02. The molecule has 0 fully saturated rings. The highest BCUT2D eigenvalue weighted by Crippen LogP contribution is 2.19. The van der Waals surface area contributed by atoms with Crippen LogP contribution in [0.3, 0.4) is 0 Å². The molecule has 0 saturated carbocycles. The summed E-state index contributed by atoms with van der Waals surface area (Å²) in [5.74, 6) is 0.389. The number of hydrogen-bond donors (Lipinski definition) is 0. The maximum atomic E-state index is 4.33. The number of fused-ring (bicyclic) bond motifs is 1. The molecule has 0 atom stereocenters. The van der Waals surface area contributed by atoms with Crippen LogP contribution in [-0.2, 0) is 7.05 Å². The summed E-state index contributed by atoms with van der Waals surface area (Å²) in [6.07, 6.45) is 3.50. The van der Waals surface area contributed by atoms with Gasteiger partial charge < -0.3 is 0 Å². The molecule has 2 aromatic rings. The monoisotopic (exact) mass is 176 g/mol. The fourth-order valence-corrected chi connectivity index (χ4v) is 1.39. The van der Waals surface area contributed by atoms with Crippen molar-refractivity contribution in [2.24, 2.45) is 7.05 Å². The van der Waals surface area contributed by atoms with Gasteiger partial charge in [-0.1, -0.05) is 13.8 Å². The molecule has 0 saturated heterocycles. The Morgan fingerprint density at radius 2 is 2.08 bits per heavy atom. The van der Waals surface area contributed by atoms with E-state index in [9.17, 15) is 0 Å². The van der Waals surface area contributed by atoms with Crippen LogP contribution in [0, 0.1) is 0 Å². The van der Waals surface area contributed by atoms with Crippen LogP contribution in [0.5, 0.6) is 0 Å². The molecule has 0 aromatic carbocycles. The van der Waals surface area contributed by atoms with Gasteiger partial charge in [0.2, 0.25) is 0 Å². The summed E-state index contributed by atoms with van der Waals surface area (Å²) in [6, 6.07) is 0. The van der Waals surface area contributed by atoms with Crippen LogP contribution in [0.4, 0.5) is 0 Å². The number of aryl methyl sites for hydroxylation is 1. The first-order valence-electron chi connectivity index (χ1n) is 4.32. The number of nitrogens with zero attached hydrogens (tertiary/aromatic N) is 4. The summed E-state index contributed by atoms with van der Waals surface area (Å²) in [4.78, 5) is 8.38. The fourth-order valence-electron chi connectivity index (χ4n) is 1.39. The van der Waals surface area contributed by atoms with Crippen molar-refractivity contribution in [1.82, 2.24) is 19.7 Å². The summed E-state index contributed by atoms with van der Waals surface area (Å²) in [5.41, 5.74) is 2.85. The maximum absolute atomic E-state index is 4.33. The van der Waals surface area contributed by atoms with Crippen molar-refractivity contribution in [3.63, 3.8) is 0 Å². The highest BCUT2D eigenvalue weighted by Gasteiger charge is 2.09. The van der Waals surface area contributed by atoms with Gasteiger partial charge in [-0.05, 0) is 5.92 Å². The lowest BCUT2D eigenvalue weighted by Crippen LogP contribution is -1.95. The van der Waals surface area contributed by atoms with E-state index in [1.807, 2.05) is 13.2 Å². The third-order valence-electron chi connectivity index (χ3n) is 1.99. The van der Waals surface area contributed by atoms with Crippen molar-refractivity contribution >= 4 is 11.0 Å². The highest BCUT2D eigenvalue weighted by molar-refractivity contribution is 5.75. The van der Waals surface area contributed by atoms with Crippen molar-refractivity contribution < 1.29 is 0 Å². The van der Waals surface area contributed by atoms with Crippen LogP contribution in [0.1, 0.15) is 25.5 Å². The largest absolute Gasteiger partial charge is 0.273 e. The Hall–Kier alpha value is -1.45.